The molecule has 0 saturated carbocycles. The molecular formula is C16H13Br2NO3. The van der Waals surface area contributed by atoms with Gasteiger partial charge in [-0.15, -0.1) is 0 Å². The third-order valence-electron chi connectivity index (χ3n) is 3.26. The van der Waals surface area contributed by atoms with Crippen molar-refractivity contribution in [3.63, 3.8) is 0 Å². The second-order valence-corrected chi connectivity index (χ2v) is 6.56. The molecule has 22 heavy (non-hydrogen) atoms. The van der Waals surface area contributed by atoms with E-state index in [2.05, 4.69) is 37.2 Å². The van der Waals surface area contributed by atoms with Crippen molar-refractivity contribution in [3.05, 3.63) is 61.5 Å². The Hall–Kier alpha value is -1.66. The quantitative estimate of drug-likeness (QED) is 0.742. The maximum Gasteiger partial charge on any atom is 0.335 e. The van der Waals surface area contributed by atoms with E-state index in [4.69, 9.17) is 5.11 Å². The van der Waals surface area contributed by atoms with Crippen LogP contribution in [0.5, 0.6) is 0 Å². The highest BCUT2D eigenvalue weighted by molar-refractivity contribution is 9.11. The first-order valence-electron chi connectivity index (χ1n) is 6.40. The fourth-order valence-corrected chi connectivity index (χ4v) is 3.15. The molecule has 0 radical (unpaired) electrons. The van der Waals surface area contributed by atoms with Crippen LogP contribution >= 0.6 is 31.9 Å². The van der Waals surface area contributed by atoms with Crippen molar-refractivity contribution in [1.29, 1.82) is 0 Å². The highest BCUT2D eigenvalue weighted by Gasteiger charge is 2.12. The number of carbonyl (C=O) groups is 2. The van der Waals surface area contributed by atoms with E-state index < -0.39 is 5.97 Å². The van der Waals surface area contributed by atoms with Crippen LogP contribution in [0, 0.1) is 13.8 Å². The molecule has 2 aromatic rings. The lowest BCUT2D eigenvalue weighted by molar-refractivity contribution is 0.0696. The molecule has 0 saturated heterocycles. The zero-order valence-electron chi connectivity index (χ0n) is 11.9. The molecule has 0 atom stereocenters. The maximum absolute atomic E-state index is 12.3. The van der Waals surface area contributed by atoms with Gasteiger partial charge in [0.15, 0.2) is 0 Å². The smallest absolute Gasteiger partial charge is 0.335 e. The number of anilines is 1. The van der Waals surface area contributed by atoms with Crippen LogP contribution in [-0.2, 0) is 0 Å². The second kappa shape index (κ2) is 6.62. The summed E-state index contributed by atoms with van der Waals surface area (Å²) in [7, 11) is 0. The number of rotatable bonds is 3. The number of amides is 1. The van der Waals surface area contributed by atoms with E-state index in [1.807, 2.05) is 6.92 Å². The molecule has 0 aliphatic heterocycles. The molecule has 114 valence electrons. The summed E-state index contributed by atoms with van der Waals surface area (Å²) < 4.78 is 1.67. The molecule has 2 N–H and O–H groups in total. The Morgan fingerprint density at radius 3 is 2.14 bits per heavy atom. The fourth-order valence-electron chi connectivity index (χ4n) is 1.96. The summed E-state index contributed by atoms with van der Waals surface area (Å²) in [4.78, 5) is 23.3. The SMILES string of the molecule is Cc1cc(NC(=O)c2cc(Br)c(C)c(Br)c2)ccc1C(=O)O. The molecule has 0 aliphatic rings. The topological polar surface area (TPSA) is 66.4 Å². The van der Waals surface area contributed by atoms with Crippen molar-refractivity contribution in [1.82, 2.24) is 0 Å². The van der Waals surface area contributed by atoms with Gasteiger partial charge in [-0.3, -0.25) is 4.79 Å². The average Bonchev–Trinajstić information content (AvgIpc) is 2.43. The van der Waals surface area contributed by atoms with Crippen LogP contribution in [0.3, 0.4) is 0 Å². The van der Waals surface area contributed by atoms with Gasteiger partial charge >= 0.3 is 5.97 Å². The molecule has 0 heterocycles. The lowest BCUT2D eigenvalue weighted by atomic mass is 10.1. The van der Waals surface area contributed by atoms with Crippen molar-refractivity contribution >= 4 is 49.4 Å². The molecule has 1 amide bonds. The van der Waals surface area contributed by atoms with Crippen molar-refractivity contribution < 1.29 is 14.7 Å². The van der Waals surface area contributed by atoms with Gasteiger partial charge < -0.3 is 10.4 Å². The van der Waals surface area contributed by atoms with E-state index in [9.17, 15) is 9.59 Å². The summed E-state index contributed by atoms with van der Waals surface area (Å²) >= 11 is 6.82. The predicted octanol–water partition coefficient (Wildman–Crippen LogP) is 4.78. The highest BCUT2D eigenvalue weighted by atomic mass is 79.9. The number of carboxylic acids is 1. The Kier molecular flexibility index (Phi) is 5.03. The first kappa shape index (κ1) is 16.7. The molecule has 4 nitrogen and oxygen atoms in total. The minimum absolute atomic E-state index is 0.221. The normalized spacial score (nSPS) is 10.4. The molecule has 0 fully saturated rings. The van der Waals surface area contributed by atoms with Crippen LogP contribution in [0.2, 0.25) is 0 Å². The summed E-state index contributed by atoms with van der Waals surface area (Å²) in [5.41, 5.74) is 2.89. The monoisotopic (exact) mass is 425 g/mol. The van der Waals surface area contributed by atoms with E-state index in [-0.39, 0.29) is 11.5 Å². The van der Waals surface area contributed by atoms with Crippen LogP contribution in [0.1, 0.15) is 31.8 Å². The summed E-state index contributed by atoms with van der Waals surface area (Å²) in [5, 5.41) is 11.8. The number of halogens is 2. The van der Waals surface area contributed by atoms with Gasteiger partial charge in [-0.2, -0.15) is 0 Å². The number of aryl methyl sites for hydroxylation is 1. The van der Waals surface area contributed by atoms with Crippen molar-refractivity contribution in [3.8, 4) is 0 Å². The van der Waals surface area contributed by atoms with E-state index in [0.29, 0.717) is 16.8 Å². The number of carbonyl (C=O) groups excluding carboxylic acids is 1. The lowest BCUT2D eigenvalue weighted by Crippen LogP contribution is -2.13. The lowest BCUT2D eigenvalue weighted by Gasteiger charge is -2.10. The number of nitrogens with one attached hydrogen (secondary N) is 1. The van der Waals surface area contributed by atoms with Crippen LogP contribution in [0.15, 0.2) is 39.3 Å². The van der Waals surface area contributed by atoms with Crippen molar-refractivity contribution in [2.75, 3.05) is 5.32 Å². The second-order valence-electron chi connectivity index (χ2n) is 4.85. The largest absolute Gasteiger partial charge is 0.478 e. The minimum Gasteiger partial charge on any atom is -0.478 e. The van der Waals surface area contributed by atoms with Gasteiger partial charge in [-0.1, -0.05) is 31.9 Å². The molecule has 2 aromatic carbocycles. The summed E-state index contributed by atoms with van der Waals surface area (Å²) in [6.07, 6.45) is 0. The zero-order valence-corrected chi connectivity index (χ0v) is 15.1. The molecule has 6 heteroatoms. The Morgan fingerprint density at radius 1 is 1.05 bits per heavy atom. The van der Waals surface area contributed by atoms with Crippen LogP contribution < -0.4 is 5.32 Å². The summed E-state index contributed by atoms with van der Waals surface area (Å²) in [5.74, 6) is -1.24. The average molecular weight is 427 g/mol. The standard InChI is InChI=1S/C16H13Br2NO3/c1-8-5-11(3-4-12(8)16(21)22)19-15(20)10-6-13(17)9(2)14(18)7-10/h3-7H,1-2H3,(H,19,20)(H,21,22). The number of hydrogen-bond donors (Lipinski definition) is 2. The molecule has 0 spiro atoms. The minimum atomic E-state index is -0.984. The molecule has 0 aromatic heterocycles. The van der Waals surface area contributed by atoms with Gasteiger partial charge in [0.05, 0.1) is 5.56 Å². The zero-order chi connectivity index (χ0) is 16.4. The van der Waals surface area contributed by atoms with Gasteiger partial charge in [0.2, 0.25) is 0 Å². The number of carboxylic acid groups (broad SMARTS) is 1. The molecular weight excluding hydrogens is 414 g/mol. The molecule has 0 aliphatic carbocycles. The summed E-state index contributed by atoms with van der Waals surface area (Å²) in [6.45, 7) is 3.63. The van der Waals surface area contributed by atoms with Gasteiger partial charge in [0, 0.05) is 20.2 Å². The molecule has 0 unspecified atom stereocenters. The van der Waals surface area contributed by atoms with Crippen molar-refractivity contribution in [2.24, 2.45) is 0 Å². The van der Waals surface area contributed by atoms with E-state index >= 15 is 0 Å². The number of aromatic carboxylic acids is 1. The predicted molar refractivity (Wildman–Crippen MR) is 92.7 cm³/mol. The third-order valence-corrected chi connectivity index (χ3v) is 4.91. The Labute approximate surface area is 144 Å². The Morgan fingerprint density at radius 2 is 1.64 bits per heavy atom. The van der Waals surface area contributed by atoms with Gasteiger partial charge in [-0.05, 0) is 55.3 Å². The Bertz CT molecular complexity index is 749. The first-order valence-corrected chi connectivity index (χ1v) is 7.99. The van der Waals surface area contributed by atoms with Gasteiger partial charge in [0.1, 0.15) is 0 Å². The fraction of sp³-hybridized carbons (Fsp3) is 0.125. The molecule has 2 rings (SSSR count). The Balaban J connectivity index is 2.26. The van der Waals surface area contributed by atoms with Gasteiger partial charge in [0.25, 0.3) is 5.91 Å². The number of benzene rings is 2. The highest BCUT2D eigenvalue weighted by Crippen LogP contribution is 2.27. The van der Waals surface area contributed by atoms with Crippen LogP contribution in [0.4, 0.5) is 5.69 Å². The van der Waals surface area contributed by atoms with Crippen LogP contribution in [-0.4, -0.2) is 17.0 Å². The van der Waals surface area contributed by atoms with Crippen molar-refractivity contribution in [2.45, 2.75) is 13.8 Å². The first-order chi connectivity index (χ1) is 10.3. The summed E-state index contributed by atoms with van der Waals surface area (Å²) in [6, 6.07) is 8.18. The van der Waals surface area contributed by atoms with Gasteiger partial charge in [-0.25, -0.2) is 4.79 Å². The van der Waals surface area contributed by atoms with E-state index in [1.54, 1.807) is 31.2 Å². The van der Waals surface area contributed by atoms with Crippen LogP contribution in [0.25, 0.3) is 0 Å². The number of hydrogen-bond acceptors (Lipinski definition) is 2. The molecule has 0 bridgehead atoms. The third kappa shape index (κ3) is 3.56. The van der Waals surface area contributed by atoms with E-state index in [0.717, 1.165) is 14.5 Å². The maximum atomic E-state index is 12.3. The van der Waals surface area contributed by atoms with E-state index in [1.165, 1.54) is 6.07 Å².